The number of hydrogen-bond donors (Lipinski definition) is 1. The summed E-state index contributed by atoms with van der Waals surface area (Å²) in [5.74, 6) is -0.908. The molecular formula is C12H7F3N2O2. The lowest BCUT2D eigenvalue weighted by Crippen LogP contribution is -2.33. The van der Waals surface area contributed by atoms with Crippen LogP contribution in [-0.4, -0.2) is 16.1 Å². The average molecular weight is 268 g/mol. The molecule has 1 aromatic heterocycles. The SMILES string of the molecule is O=C1C=CC(=O)C2=C1NCc1c(C(F)(F)F)ccn12. The monoisotopic (exact) mass is 268 g/mol. The van der Waals surface area contributed by atoms with Gasteiger partial charge in [0.1, 0.15) is 11.4 Å². The number of rotatable bonds is 0. The highest BCUT2D eigenvalue weighted by Gasteiger charge is 2.38. The molecule has 1 aliphatic carbocycles. The van der Waals surface area contributed by atoms with Crippen LogP contribution in [0.15, 0.2) is 30.1 Å². The van der Waals surface area contributed by atoms with E-state index in [2.05, 4.69) is 5.32 Å². The molecule has 19 heavy (non-hydrogen) atoms. The number of carbonyl (C=O) groups is 2. The highest BCUT2D eigenvalue weighted by molar-refractivity contribution is 6.32. The minimum Gasteiger partial charge on any atom is -0.374 e. The van der Waals surface area contributed by atoms with E-state index in [0.29, 0.717) is 0 Å². The maximum absolute atomic E-state index is 12.8. The van der Waals surface area contributed by atoms with E-state index >= 15 is 0 Å². The van der Waals surface area contributed by atoms with Crippen LogP contribution in [0.1, 0.15) is 11.3 Å². The molecule has 1 N–H and O–H groups in total. The first-order chi connectivity index (χ1) is 8.89. The lowest BCUT2D eigenvalue weighted by Gasteiger charge is -2.25. The number of hydrogen-bond acceptors (Lipinski definition) is 3. The first-order valence-electron chi connectivity index (χ1n) is 5.42. The van der Waals surface area contributed by atoms with E-state index in [9.17, 15) is 22.8 Å². The summed E-state index contributed by atoms with van der Waals surface area (Å²) in [6.45, 7) is -0.145. The normalized spacial score (nSPS) is 18.3. The average Bonchev–Trinajstić information content (AvgIpc) is 2.76. The summed E-state index contributed by atoms with van der Waals surface area (Å²) < 4.78 is 39.5. The summed E-state index contributed by atoms with van der Waals surface area (Å²) in [4.78, 5) is 23.3. The second-order valence-corrected chi connectivity index (χ2v) is 4.18. The number of fused-ring (bicyclic) bond motifs is 2. The van der Waals surface area contributed by atoms with Gasteiger partial charge in [0.25, 0.3) is 0 Å². The van der Waals surface area contributed by atoms with E-state index in [0.717, 1.165) is 22.8 Å². The van der Waals surface area contributed by atoms with Crippen molar-refractivity contribution in [3.8, 4) is 0 Å². The molecule has 0 spiro atoms. The zero-order valence-corrected chi connectivity index (χ0v) is 9.41. The molecule has 0 atom stereocenters. The molecule has 0 saturated carbocycles. The smallest absolute Gasteiger partial charge is 0.374 e. The third-order valence-corrected chi connectivity index (χ3v) is 3.07. The molecule has 7 heteroatoms. The van der Waals surface area contributed by atoms with E-state index in [-0.39, 0.29) is 23.6 Å². The van der Waals surface area contributed by atoms with Gasteiger partial charge in [-0.2, -0.15) is 13.2 Å². The van der Waals surface area contributed by atoms with Gasteiger partial charge in [-0.05, 0) is 18.2 Å². The maximum atomic E-state index is 12.8. The predicted molar refractivity (Wildman–Crippen MR) is 58.6 cm³/mol. The molecule has 2 aliphatic rings. The van der Waals surface area contributed by atoms with Gasteiger partial charge in [-0.1, -0.05) is 0 Å². The van der Waals surface area contributed by atoms with Gasteiger partial charge in [-0.15, -0.1) is 0 Å². The minimum atomic E-state index is -4.49. The Labute approximate surface area is 105 Å². The van der Waals surface area contributed by atoms with Crippen molar-refractivity contribution in [2.45, 2.75) is 12.7 Å². The highest BCUT2D eigenvalue weighted by atomic mass is 19.4. The number of nitrogens with one attached hydrogen (secondary N) is 1. The second kappa shape index (κ2) is 3.59. The summed E-state index contributed by atoms with van der Waals surface area (Å²) in [6, 6.07) is 0.906. The summed E-state index contributed by atoms with van der Waals surface area (Å²) in [5, 5.41) is 2.59. The summed E-state index contributed by atoms with van der Waals surface area (Å²) in [6.07, 6.45) is -1.16. The van der Waals surface area contributed by atoms with Gasteiger partial charge in [0.15, 0.2) is 0 Å². The maximum Gasteiger partial charge on any atom is 0.418 e. The Kier molecular flexibility index (Phi) is 2.23. The van der Waals surface area contributed by atoms with Crippen molar-refractivity contribution < 1.29 is 22.8 Å². The fourth-order valence-corrected chi connectivity index (χ4v) is 2.25. The first kappa shape index (κ1) is 11.8. The Morgan fingerprint density at radius 3 is 2.53 bits per heavy atom. The van der Waals surface area contributed by atoms with Gasteiger partial charge in [0, 0.05) is 6.20 Å². The number of ketones is 2. The standard InChI is InChI=1S/C12H7F3N2O2/c13-12(14,15)6-3-4-17-7(6)5-16-10-8(18)1-2-9(19)11(10)17/h1-4,16H,5H2. The van der Waals surface area contributed by atoms with Crippen molar-refractivity contribution in [2.75, 3.05) is 0 Å². The number of nitrogens with zero attached hydrogens (tertiary/aromatic N) is 1. The molecule has 3 rings (SSSR count). The zero-order chi connectivity index (χ0) is 13.8. The van der Waals surface area contributed by atoms with Gasteiger partial charge in [0.05, 0.1) is 17.8 Å². The van der Waals surface area contributed by atoms with Gasteiger partial charge in [-0.25, -0.2) is 0 Å². The van der Waals surface area contributed by atoms with E-state index < -0.39 is 23.3 Å². The molecule has 0 amide bonds. The van der Waals surface area contributed by atoms with Crippen LogP contribution >= 0.6 is 0 Å². The lowest BCUT2D eigenvalue weighted by atomic mass is 10.0. The van der Waals surface area contributed by atoms with Crippen LogP contribution < -0.4 is 5.32 Å². The van der Waals surface area contributed by atoms with Crippen LogP contribution in [0.5, 0.6) is 0 Å². The zero-order valence-electron chi connectivity index (χ0n) is 9.41. The molecule has 0 fully saturated rings. The largest absolute Gasteiger partial charge is 0.418 e. The number of aromatic nitrogens is 1. The molecule has 4 nitrogen and oxygen atoms in total. The fraction of sp³-hybridized carbons (Fsp3) is 0.167. The van der Waals surface area contributed by atoms with Gasteiger partial charge in [0.2, 0.25) is 11.6 Å². The Balaban J connectivity index is 2.20. The van der Waals surface area contributed by atoms with Crippen LogP contribution in [0.25, 0.3) is 5.70 Å². The Hall–Kier alpha value is -2.31. The van der Waals surface area contributed by atoms with Gasteiger partial charge >= 0.3 is 6.18 Å². The molecule has 0 aromatic carbocycles. The molecule has 0 saturated heterocycles. The van der Waals surface area contributed by atoms with Crippen LogP contribution in [-0.2, 0) is 22.3 Å². The van der Waals surface area contributed by atoms with E-state index in [1.54, 1.807) is 0 Å². The van der Waals surface area contributed by atoms with Crippen molar-refractivity contribution in [1.82, 2.24) is 9.88 Å². The molecule has 98 valence electrons. The van der Waals surface area contributed by atoms with Crippen molar-refractivity contribution in [3.63, 3.8) is 0 Å². The van der Waals surface area contributed by atoms with Crippen LogP contribution in [0.2, 0.25) is 0 Å². The van der Waals surface area contributed by atoms with Crippen molar-refractivity contribution >= 4 is 17.3 Å². The van der Waals surface area contributed by atoms with Crippen molar-refractivity contribution in [1.29, 1.82) is 0 Å². The van der Waals surface area contributed by atoms with E-state index in [1.807, 2.05) is 0 Å². The number of alkyl halides is 3. The number of allylic oxidation sites excluding steroid dienone is 3. The molecule has 0 radical (unpaired) electrons. The molecule has 1 aliphatic heterocycles. The molecule has 0 unspecified atom stereocenters. The third kappa shape index (κ3) is 1.61. The van der Waals surface area contributed by atoms with Crippen LogP contribution in [0.3, 0.4) is 0 Å². The van der Waals surface area contributed by atoms with Gasteiger partial charge < -0.3 is 9.88 Å². The van der Waals surface area contributed by atoms with Crippen molar-refractivity contribution in [3.05, 3.63) is 41.4 Å². The van der Waals surface area contributed by atoms with Crippen LogP contribution in [0.4, 0.5) is 13.2 Å². The Morgan fingerprint density at radius 2 is 1.84 bits per heavy atom. The Bertz CT molecular complexity index is 665. The fourth-order valence-electron chi connectivity index (χ4n) is 2.25. The minimum absolute atomic E-state index is 0.0457. The summed E-state index contributed by atoms with van der Waals surface area (Å²) in [7, 11) is 0. The second-order valence-electron chi connectivity index (χ2n) is 4.18. The van der Waals surface area contributed by atoms with E-state index in [4.69, 9.17) is 0 Å². The topological polar surface area (TPSA) is 51.1 Å². The predicted octanol–water partition coefficient (Wildman–Crippen LogP) is 1.49. The highest BCUT2D eigenvalue weighted by Crippen LogP contribution is 2.36. The molecule has 1 aromatic rings. The Morgan fingerprint density at radius 1 is 1.16 bits per heavy atom. The van der Waals surface area contributed by atoms with Crippen LogP contribution in [0, 0.1) is 0 Å². The van der Waals surface area contributed by atoms with Crippen molar-refractivity contribution in [2.24, 2.45) is 0 Å². The molecule has 0 bridgehead atoms. The van der Waals surface area contributed by atoms with E-state index in [1.165, 1.54) is 6.20 Å². The molecular weight excluding hydrogens is 261 g/mol. The quantitative estimate of drug-likeness (QED) is 0.725. The summed E-state index contributed by atoms with van der Waals surface area (Å²) >= 11 is 0. The number of halogens is 3. The lowest BCUT2D eigenvalue weighted by molar-refractivity contribution is -0.138. The number of carbonyl (C=O) groups excluding carboxylic acids is 2. The summed E-state index contributed by atoms with van der Waals surface area (Å²) in [5.41, 5.74) is -0.877. The third-order valence-electron chi connectivity index (χ3n) is 3.07. The molecule has 2 heterocycles. The first-order valence-corrected chi connectivity index (χ1v) is 5.42. The van der Waals surface area contributed by atoms with Gasteiger partial charge in [-0.3, -0.25) is 9.59 Å².